The maximum absolute atomic E-state index is 11.6. The molecular formula is C11H16N4O4. The van der Waals surface area contributed by atoms with E-state index < -0.39 is 17.9 Å². The second kappa shape index (κ2) is 5.81. The average molecular weight is 268 g/mol. The van der Waals surface area contributed by atoms with Gasteiger partial charge in [-0.2, -0.15) is 4.98 Å². The molecule has 0 amide bonds. The standard InChI is InChI=1S/C11H16N4O4/c12-5-10(16)18-6-7-1-2-9(19-7)15-4-3-8(13)14-11(15)17/h3-4,7,9H,1-2,5-6,12H2,(H2,13,14,17). The van der Waals surface area contributed by atoms with E-state index >= 15 is 0 Å². The fourth-order valence-electron chi connectivity index (χ4n) is 1.90. The average Bonchev–Trinajstić information content (AvgIpc) is 2.84. The highest BCUT2D eigenvalue weighted by Gasteiger charge is 2.28. The molecule has 2 unspecified atom stereocenters. The summed E-state index contributed by atoms with van der Waals surface area (Å²) in [6.07, 6.45) is 2.26. The van der Waals surface area contributed by atoms with Crippen LogP contribution in [0.25, 0.3) is 0 Å². The molecule has 0 bridgehead atoms. The van der Waals surface area contributed by atoms with Crippen molar-refractivity contribution in [2.75, 3.05) is 18.9 Å². The van der Waals surface area contributed by atoms with E-state index in [0.29, 0.717) is 12.8 Å². The third kappa shape index (κ3) is 3.30. The van der Waals surface area contributed by atoms with Crippen LogP contribution in [0.5, 0.6) is 0 Å². The topological polar surface area (TPSA) is 122 Å². The Kier molecular flexibility index (Phi) is 4.13. The van der Waals surface area contributed by atoms with Crippen LogP contribution in [-0.4, -0.2) is 34.8 Å². The molecule has 0 aromatic carbocycles. The van der Waals surface area contributed by atoms with E-state index in [-0.39, 0.29) is 25.1 Å². The number of ether oxygens (including phenoxy) is 2. The quantitative estimate of drug-likeness (QED) is 0.672. The molecule has 1 aliphatic rings. The molecule has 1 aliphatic heterocycles. The van der Waals surface area contributed by atoms with Crippen LogP contribution in [0.4, 0.5) is 5.82 Å². The lowest BCUT2D eigenvalue weighted by molar-refractivity contribution is -0.146. The first kappa shape index (κ1) is 13.5. The Bertz CT molecular complexity index is 516. The predicted octanol–water partition coefficient (Wildman–Crippen LogP) is -0.995. The molecule has 8 heteroatoms. The van der Waals surface area contributed by atoms with Crippen molar-refractivity contribution in [1.82, 2.24) is 9.55 Å². The number of hydrogen-bond donors (Lipinski definition) is 2. The first-order chi connectivity index (χ1) is 9.10. The summed E-state index contributed by atoms with van der Waals surface area (Å²) >= 11 is 0. The molecule has 2 atom stereocenters. The van der Waals surface area contributed by atoms with Crippen molar-refractivity contribution in [2.24, 2.45) is 5.73 Å². The minimum atomic E-state index is -0.474. The molecule has 1 aromatic rings. The van der Waals surface area contributed by atoms with Crippen LogP contribution >= 0.6 is 0 Å². The van der Waals surface area contributed by atoms with Crippen LogP contribution in [0, 0.1) is 0 Å². The summed E-state index contributed by atoms with van der Waals surface area (Å²) < 4.78 is 11.9. The largest absolute Gasteiger partial charge is 0.462 e. The Morgan fingerprint density at radius 3 is 3.05 bits per heavy atom. The lowest BCUT2D eigenvalue weighted by Crippen LogP contribution is -2.28. The summed E-state index contributed by atoms with van der Waals surface area (Å²) in [6.45, 7) is -0.0127. The first-order valence-electron chi connectivity index (χ1n) is 5.96. The maximum Gasteiger partial charge on any atom is 0.351 e. The van der Waals surface area contributed by atoms with Crippen molar-refractivity contribution in [1.29, 1.82) is 0 Å². The lowest BCUT2D eigenvalue weighted by Gasteiger charge is -2.15. The fraction of sp³-hybridized carbons (Fsp3) is 0.545. The van der Waals surface area contributed by atoms with Crippen LogP contribution in [-0.2, 0) is 14.3 Å². The zero-order valence-corrected chi connectivity index (χ0v) is 10.3. The first-order valence-corrected chi connectivity index (χ1v) is 5.96. The Hall–Kier alpha value is -1.93. The Morgan fingerprint density at radius 2 is 2.37 bits per heavy atom. The molecule has 4 N–H and O–H groups in total. The van der Waals surface area contributed by atoms with Crippen LogP contribution < -0.4 is 17.2 Å². The summed E-state index contributed by atoms with van der Waals surface area (Å²) in [6, 6.07) is 1.53. The Balaban J connectivity index is 1.94. The zero-order valence-electron chi connectivity index (χ0n) is 10.3. The molecule has 2 rings (SSSR count). The van der Waals surface area contributed by atoms with E-state index in [1.807, 2.05) is 0 Å². The molecule has 0 aliphatic carbocycles. The molecule has 104 valence electrons. The van der Waals surface area contributed by atoms with Crippen LogP contribution in [0.3, 0.4) is 0 Å². The van der Waals surface area contributed by atoms with Crippen molar-refractivity contribution in [3.8, 4) is 0 Å². The van der Waals surface area contributed by atoms with Gasteiger partial charge in [0, 0.05) is 6.20 Å². The SMILES string of the molecule is NCC(=O)OCC1CCC(n2ccc(N)nc2=O)O1. The molecule has 2 heterocycles. The van der Waals surface area contributed by atoms with Crippen LogP contribution in [0.1, 0.15) is 19.1 Å². The minimum absolute atomic E-state index is 0.143. The van der Waals surface area contributed by atoms with Gasteiger partial charge in [-0.05, 0) is 18.9 Å². The lowest BCUT2D eigenvalue weighted by atomic mass is 10.2. The highest BCUT2D eigenvalue weighted by Crippen LogP contribution is 2.27. The number of carbonyl (C=O) groups excluding carboxylic acids is 1. The zero-order chi connectivity index (χ0) is 13.8. The van der Waals surface area contributed by atoms with Gasteiger partial charge in [0.05, 0.1) is 12.6 Å². The van der Waals surface area contributed by atoms with Gasteiger partial charge in [-0.15, -0.1) is 0 Å². The summed E-state index contributed by atoms with van der Waals surface area (Å²) in [5.41, 5.74) is 10.1. The van der Waals surface area contributed by atoms with Crippen molar-refractivity contribution in [3.63, 3.8) is 0 Å². The maximum atomic E-state index is 11.6. The third-order valence-electron chi connectivity index (χ3n) is 2.84. The molecule has 0 spiro atoms. The number of esters is 1. The molecule has 1 fully saturated rings. The summed E-state index contributed by atoms with van der Waals surface area (Å²) in [5, 5.41) is 0. The molecule has 8 nitrogen and oxygen atoms in total. The number of nitrogen functional groups attached to an aromatic ring is 1. The summed E-state index contributed by atoms with van der Waals surface area (Å²) in [4.78, 5) is 26.2. The third-order valence-corrected chi connectivity index (χ3v) is 2.84. The minimum Gasteiger partial charge on any atom is -0.462 e. The summed E-state index contributed by atoms with van der Waals surface area (Å²) in [7, 11) is 0. The van der Waals surface area contributed by atoms with E-state index in [1.54, 1.807) is 6.20 Å². The van der Waals surface area contributed by atoms with Gasteiger partial charge in [-0.25, -0.2) is 4.79 Å². The van der Waals surface area contributed by atoms with Gasteiger partial charge < -0.3 is 20.9 Å². The number of carbonyl (C=O) groups is 1. The second-order valence-electron chi connectivity index (χ2n) is 4.22. The van der Waals surface area contributed by atoms with Gasteiger partial charge in [-0.1, -0.05) is 0 Å². The number of nitrogens with zero attached hydrogens (tertiary/aromatic N) is 2. The van der Waals surface area contributed by atoms with Crippen molar-refractivity contribution >= 4 is 11.8 Å². The van der Waals surface area contributed by atoms with E-state index in [2.05, 4.69) is 4.98 Å². The fourth-order valence-corrected chi connectivity index (χ4v) is 1.90. The van der Waals surface area contributed by atoms with Gasteiger partial charge in [0.25, 0.3) is 0 Å². The van der Waals surface area contributed by atoms with Crippen molar-refractivity contribution in [2.45, 2.75) is 25.2 Å². The van der Waals surface area contributed by atoms with Gasteiger partial charge >= 0.3 is 11.7 Å². The molecule has 1 aromatic heterocycles. The van der Waals surface area contributed by atoms with Crippen LogP contribution in [0.2, 0.25) is 0 Å². The van der Waals surface area contributed by atoms with Crippen molar-refractivity contribution < 1.29 is 14.3 Å². The highest BCUT2D eigenvalue weighted by atomic mass is 16.6. The number of hydrogen-bond acceptors (Lipinski definition) is 7. The number of aromatic nitrogens is 2. The van der Waals surface area contributed by atoms with E-state index in [4.69, 9.17) is 20.9 Å². The smallest absolute Gasteiger partial charge is 0.351 e. The molecule has 1 saturated heterocycles. The normalized spacial score (nSPS) is 22.4. The molecular weight excluding hydrogens is 252 g/mol. The van der Waals surface area contributed by atoms with E-state index in [0.717, 1.165) is 0 Å². The van der Waals surface area contributed by atoms with Crippen LogP contribution in [0.15, 0.2) is 17.1 Å². The van der Waals surface area contributed by atoms with E-state index in [1.165, 1.54) is 10.6 Å². The Labute approximate surface area is 109 Å². The van der Waals surface area contributed by atoms with E-state index in [9.17, 15) is 9.59 Å². The molecule has 0 saturated carbocycles. The molecule has 19 heavy (non-hydrogen) atoms. The van der Waals surface area contributed by atoms with Gasteiger partial charge in [0.15, 0.2) is 0 Å². The van der Waals surface area contributed by atoms with Gasteiger partial charge in [0.1, 0.15) is 18.7 Å². The molecule has 0 radical (unpaired) electrons. The summed E-state index contributed by atoms with van der Waals surface area (Å²) in [5.74, 6) is -0.300. The number of nitrogens with two attached hydrogens (primary N) is 2. The van der Waals surface area contributed by atoms with Crippen molar-refractivity contribution in [3.05, 3.63) is 22.7 Å². The highest BCUT2D eigenvalue weighted by molar-refractivity contribution is 5.71. The van der Waals surface area contributed by atoms with Gasteiger partial charge in [-0.3, -0.25) is 9.36 Å². The predicted molar refractivity (Wildman–Crippen MR) is 66.1 cm³/mol. The monoisotopic (exact) mass is 268 g/mol. The number of anilines is 1. The Morgan fingerprint density at radius 1 is 1.58 bits per heavy atom. The number of rotatable bonds is 4. The van der Waals surface area contributed by atoms with Gasteiger partial charge in [0.2, 0.25) is 0 Å². The second-order valence-corrected chi connectivity index (χ2v) is 4.22.